The Kier molecular flexibility index (Phi) is 4.46. The van der Waals surface area contributed by atoms with Crippen LogP contribution in [-0.4, -0.2) is 35.5 Å². The molecule has 2 aromatic rings. The van der Waals surface area contributed by atoms with Crippen molar-refractivity contribution >= 4 is 23.4 Å². The van der Waals surface area contributed by atoms with Gasteiger partial charge in [0, 0.05) is 7.05 Å². The summed E-state index contributed by atoms with van der Waals surface area (Å²) in [6.07, 6.45) is 0. The van der Waals surface area contributed by atoms with Crippen molar-refractivity contribution in [1.82, 2.24) is 10.1 Å². The van der Waals surface area contributed by atoms with Gasteiger partial charge in [-0.1, -0.05) is 22.8 Å². The lowest BCUT2D eigenvalue weighted by Gasteiger charge is -2.15. The number of nitrogens with two attached hydrogens (primary N) is 1. The molecule has 0 atom stereocenters. The molecule has 2 rings (SSSR count). The Hall–Kier alpha value is -2.41. The maximum atomic E-state index is 14.0. The van der Waals surface area contributed by atoms with Gasteiger partial charge in [0.15, 0.2) is 0 Å². The van der Waals surface area contributed by atoms with E-state index >= 15 is 0 Å². The molecule has 22 heavy (non-hydrogen) atoms. The lowest BCUT2D eigenvalue weighted by molar-refractivity contribution is -0.118. The van der Waals surface area contributed by atoms with Crippen LogP contribution in [0.1, 0.15) is 16.1 Å². The van der Waals surface area contributed by atoms with Crippen LogP contribution in [-0.2, 0) is 4.79 Å². The van der Waals surface area contributed by atoms with Crippen molar-refractivity contribution in [1.29, 1.82) is 0 Å². The van der Waals surface area contributed by atoms with Gasteiger partial charge >= 0.3 is 0 Å². The standard InChI is InChI=1S/C14H13ClFN3O3/c1-7-11(14(21)19(2)6-10(17)20)13(18-22-7)12-8(15)4-3-5-9(12)16/h3-5H,6H2,1-2H3,(H2,17,20). The largest absolute Gasteiger partial charge is 0.368 e. The van der Waals surface area contributed by atoms with Gasteiger partial charge in [0.25, 0.3) is 5.91 Å². The zero-order chi connectivity index (χ0) is 16.4. The molecule has 8 heteroatoms. The number of hydrogen-bond donors (Lipinski definition) is 1. The van der Waals surface area contributed by atoms with Crippen molar-refractivity contribution in [2.45, 2.75) is 6.92 Å². The van der Waals surface area contributed by atoms with E-state index in [4.69, 9.17) is 21.9 Å². The molecule has 1 aromatic carbocycles. The van der Waals surface area contributed by atoms with Gasteiger partial charge in [-0.25, -0.2) is 4.39 Å². The minimum Gasteiger partial charge on any atom is -0.368 e. The summed E-state index contributed by atoms with van der Waals surface area (Å²) in [5, 5.41) is 3.82. The van der Waals surface area contributed by atoms with E-state index in [1.807, 2.05) is 0 Å². The predicted molar refractivity (Wildman–Crippen MR) is 77.8 cm³/mol. The molecule has 6 nitrogen and oxygen atoms in total. The molecule has 0 radical (unpaired) electrons. The number of halogens is 2. The van der Waals surface area contributed by atoms with Crippen LogP contribution in [0.2, 0.25) is 5.02 Å². The van der Waals surface area contributed by atoms with Gasteiger partial charge in [-0.2, -0.15) is 0 Å². The van der Waals surface area contributed by atoms with Gasteiger partial charge in [0.05, 0.1) is 17.1 Å². The lowest BCUT2D eigenvalue weighted by Crippen LogP contribution is -2.35. The third-order valence-corrected chi connectivity index (χ3v) is 3.33. The summed E-state index contributed by atoms with van der Waals surface area (Å²) in [5.74, 6) is -1.68. The minimum absolute atomic E-state index is 0.0121. The molecule has 0 saturated heterocycles. The first kappa shape index (κ1) is 16.0. The Morgan fingerprint density at radius 3 is 2.73 bits per heavy atom. The zero-order valence-corrected chi connectivity index (χ0v) is 12.6. The maximum Gasteiger partial charge on any atom is 0.259 e. The number of likely N-dealkylation sites (N-methyl/N-ethyl adjacent to an activating group) is 1. The Morgan fingerprint density at radius 1 is 1.45 bits per heavy atom. The molecule has 2 amide bonds. The fourth-order valence-electron chi connectivity index (χ4n) is 2.02. The Bertz CT molecular complexity index is 725. The second-order valence-electron chi connectivity index (χ2n) is 4.69. The highest BCUT2D eigenvalue weighted by atomic mass is 35.5. The summed E-state index contributed by atoms with van der Waals surface area (Å²) in [6.45, 7) is 1.23. The molecule has 2 N–H and O–H groups in total. The Labute approximate surface area is 130 Å². The molecule has 0 unspecified atom stereocenters. The monoisotopic (exact) mass is 325 g/mol. The van der Waals surface area contributed by atoms with Crippen LogP contribution >= 0.6 is 11.6 Å². The number of rotatable bonds is 4. The topological polar surface area (TPSA) is 89.4 Å². The quantitative estimate of drug-likeness (QED) is 0.931. The zero-order valence-electron chi connectivity index (χ0n) is 11.9. The SMILES string of the molecule is Cc1onc(-c2c(F)cccc2Cl)c1C(=O)N(C)CC(N)=O. The van der Waals surface area contributed by atoms with Gasteiger partial charge in [-0.3, -0.25) is 9.59 Å². The first-order valence-corrected chi connectivity index (χ1v) is 6.65. The van der Waals surface area contributed by atoms with E-state index in [-0.39, 0.29) is 34.1 Å². The number of primary amides is 1. The number of nitrogens with zero attached hydrogens (tertiary/aromatic N) is 2. The van der Waals surface area contributed by atoms with Gasteiger partial charge in [-0.15, -0.1) is 0 Å². The fraction of sp³-hybridized carbons (Fsp3) is 0.214. The van der Waals surface area contributed by atoms with Crippen molar-refractivity contribution < 1.29 is 18.5 Å². The molecule has 116 valence electrons. The molecule has 0 aliphatic rings. The third kappa shape index (κ3) is 2.94. The molecule has 0 fully saturated rings. The van der Waals surface area contributed by atoms with E-state index in [0.717, 1.165) is 4.90 Å². The number of aromatic nitrogens is 1. The summed E-state index contributed by atoms with van der Waals surface area (Å²) in [7, 11) is 1.40. The van der Waals surface area contributed by atoms with Crippen molar-refractivity contribution in [3.05, 3.63) is 40.4 Å². The Balaban J connectivity index is 2.53. The highest BCUT2D eigenvalue weighted by Crippen LogP contribution is 2.33. The average molecular weight is 326 g/mol. The smallest absolute Gasteiger partial charge is 0.259 e. The third-order valence-electron chi connectivity index (χ3n) is 3.02. The average Bonchev–Trinajstić information content (AvgIpc) is 2.78. The Morgan fingerprint density at radius 2 is 2.14 bits per heavy atom. The minimum atomic E-state index is -0.671. The molecule has 0 aliphatic heterocycles. The van der Waals surface area contributed by atoms with Crippen LogP contribution in [0.15, 0.2) is 22.7 Å². The highest BCUT2D eigenvalue weighted by molar-refractivity contribution is 6.33. The molecular formula is C14H13ClFN3O3. The van der Waals surface area contributed by atoms with E-state index in [1.165, 1.54) is 32.2 Å². The van der Waals surface area contributed by atoms with Gasteiger partial charge in [0.1, 0.15) is 22.8 Å². The second-order valence-corrected chi connectivity index (χ2v) is 5.09. The van der Waals surface area contributed by atoms with E-state index < -0.39 is 17.6 Å². The van der Waals surface area contributed by atoms with Crippen LogP contribution in [0.3, 0.4) is 0 Å². The summed E-state index contributed by atoms with van der Waals surface area (Å²) < 4.78 is 19.0. The number of carbonyl (C=O) groups excluding carboxylic acids is 2. The van der Waals surface area contributed by atoms with E-state index in [9.17, 15) is 14.0 Å². The summed E-state index contributed by atoms with van der Waals surface area (Å²) in [4.78, 5) is 24.5. The normalized spacial score (nSPS) is 10.5. The van der Waals surface area contributed by atoms with Crippen LogP contribution < -0.4 is 5.73 Å². The van der Waals surface area contributed by atoms with E-state index in [2.05, 4.69) is 5.16 Å². The van der Waals surface area contributed by atoms with Crippen LogP contribution in [0.5, 0.6) is 0 Å². The van der Waals surface area contributed by atoms with Crippen LogP contribution in [0.25, 0.3) is 11.3 Å². The number of carbonyl (C=O) groups is 2. The highest BCUT2D eigenvalue weighted by Gasteiger charge is 2.27. The molecule has 0 saturated carbocycles. The van der Waals surface area contributed by atoms with Crippen molar-refractivity contribution in [3.63, 3.8) is 0 Å². The van der Waals surface area contributed by atoms with Crippen molar-refractivity contribution in [3.8, 4) is 11.3 Å². The number of amides is 2. The van der Waals surface area contributed by atoms with Crippen molar-refractivity contribution in [2.24, 2.45) is 5.73 Å². The number of aryl methyl sites for hydroxylation is 1. The first-order chi connectivity index (χ1) is 10.3. The summed E-state index contributed by atoms with van der Waals surface area (Å²) in [6, 6.07) is 4.12. The van der Waals surface area contributed by atoms with Crippen LogP contribution in [0.4, 0.5) is 4.39 Å². The molecule has 1 aromatic heterocycles. The molecular weight excluding hydrogens is 313 g/mol. The van der Waals surface area contributed by atoms with Crippen molar-refractivity contribution in [2.75, 3.05) is 13.6 Å². The number of benzene rings is 1. The summed E-state index contributed by atoms with van der Waals surface area (Å²) in [5.41, 5.74) is 5.06. The fourth-order valence-corrected chi connectivity index (χ4v) is 2.27. The van der Waals surface area contributed by atoms with Crippen LogP contribution in [0, 0.1) is 12.7 Å². The summed E-state index contributed by atoms with van der Waals surface area (Å²) >= 11 is 5.99. The second kappa shape index (κ2) is 6.15. The van der Waals surface area contributed by atoms with E-state index in [1.54, 1.807) is 0 Å². The molecule has 0 aliphatic carbocycles. The molecule has 0 spiro atoms. The molecule has 1 heterocycles. The lowest BCUT2D eigenvalue weighted by atomic mass is 10.0. The van der Waals surface area contributed by atoms with E-state index in [0.29, 0.717) is 0 Å². The predicted octanol–water partition coefficient (Wildman–Crippen LogP) is 2.00. The molecule has 0 bridgehead atoms. The van der Waals surface area contributed by atoms with Gasteiger partial charge in [0.2, 0.25) is 5.91 Å². The van der Waals surface area contributed by atoms with Gasteiger partial charge in [-0.05, 0) is 19.1 Å². The first-order valence-electron chi connectivity index (χ1n) is 6.27. The van der Waals surface area contributed by atoms with Gasteiger partial charge < -0.3 is 15.2 Å². The number of hydrogen-bond acceptors (Lipinski definition) is 4. The maximum absolute atomic E-state index is 14.0.